The second-order valence-electron chi connectivity index (χ2n) is 5.66. The van der Waals surface area contributed by atoms with E-state index in [1.807, 2.05) is 43.3 Å². The number of hydrogen-bond donors (Lipinski definition) is 3. The average molecular weight is 352 g/mol. The van der Waals surface area contributed by atoms with E-state index in [-0.39, 0.29) is 24.2 Å². The molecule has 1 heterocycles. The number of rotatable bonds is 5. The van der Waals surface area contributed by atoms with Gasteiger partial charge in [-0.3, -0.25) is 14.9 Å². The Kier molecular flexibility index (Phi) is 5.48. The van der Waals surface area contributed by atoms with E-state index in [2.05, 4.69) is 20.9 Å². The molecule has 1 aliphatic rings. The summed E-state index contributed by atoms with van der Waals surface area (Å²) in [6, 6.07) is 15.6. The number of carbonyl (C=O) groups excluding carboxylic acids is 2. The van der Waals surface area contributed by atoms with E-state index in [9.17, 15) is 9.59 Å². The molecule has 2 amide bonds. The molecule has 3 N–H and O–H groups in total. The number of nitrogens with one attached hydrogen (secondary N) is 3. The number of para-hydroxylation sites is 3. The van der Waals surface area contributed by atoms with Gasteiger partial charge in [0.2, 0.25) is 17.8 Å². The number of aliphatic imine (C=N–C) groups is 1. The minimum absolute atomic E-state index is 0.0113. The van der Waals surface area contributed by atoms with Crippen molar-refractivity contribution in [2.45, 2.75) is 19.4 Å². The van der Waals surface area contributed by atoms with Crippen LogP contribution in [-0.4, -0.2) is 30.4 Å². The van der Waals surface area contributed by atoms with Crippen LogP contribution in [0, 0.1) is 0 Å². The summed E-state index contributed by atoms with van der Waals surface area (Å²) in [7, 11) is 0. The summed E-state index contributed by atoms with van der Waals surface area (Å²) >= 11 is 0. The molecule has 3 rings (SSSR count). The van der Waals surface area contributed by atoms with Crippen molar-refractivity contribution in [3.05, 3.63) is 54.6 Å². The molecule has 0 spiro atoms. The van der Waals surface area contributed by atoms with E-state index < -0.39 is 6.04 Å². The van der Waals surface area contributed by atoms with Crippen molar-refractivity contribution in [3.63, 3.8) is 0 Å². The van der Waals surface area contributed by atoms with E-state index >= 15 is 0 Å². The van der Waals surface area contributed by atoms with Crippen LogP contribution in [-0.2, 0) is 9.59 Å². The highest BCUT2D eigenvalue weighted by atomic mass is 16.5. The minimum atomic E-state index is -0.815. The maximum atomic E-state index is 12.6. The van der Waals surface area contributed by atoms with E-state index in [1.54, 1.807) is 18.2 Å². The van der Waals surface area contributed by atoms with Gasteiger partial charge in [-0.05, 0) is 31.2 Å². The summed E-state index contributed by atoms with van der Waals surface area (Å²) in [5.41, 5.74) is 1.33. The molecule has 0 bridgehead atoms. The van der Waals surface area contributed by atoms with Crippen LogP contribution in [0.4, 0.5) is 11.4 Å². The smallest absolute Gasteiger partial charge is 0.249 e. The highest BCUT2D eigenvalue weighted by Gasteiger charge is 2.27. The molecular weight excluding hydrogens is 332 g/mol. The summed E-state index contributed by atoms with van der Waals surface area (Å²) in [4.78, 5) is 28.9. The molecule has 1 aliphatic heterocycles. The maximum Gasteiger partial charge on any atom is 0.249 e. The number of benzene rings is 2. The number of amides is 2. The lowest BCUT2D eigenvalue weighted by atomic mass is 10.1. The topological polar surface area (TPSA) is 91.8 Å². The number of guanidine groups is 1. The molecule has 0 saturated heterocycles. The Balaban J connectivity index is 1.74. The maximum absolute atomic E-state index is 12.6. The predicted octanol–water partition coefficient (Wildman–Crippen LogP) is 2.38. The van der Waals surface area contributed by atoms with Crippen LogP contribution in [0.25, 0.3) is 0 Å². The number of carbonyl (C=O) groups is 2. The Bertz CT molecular complexity index is 821. The molecule has 0 radical (unpaired) electrons. The van der Waals surface area contributed by atoms with Gasteiger partial charge in [0.05, 0.1) is 18.7 Å². The van der Waals surface area contributed by atoms with Crippen molar-refractivity contribution in [1.29, 1.82) is 0 Å². The van der Waals surface area contributed by atoms with E-state index in [4.69, 9.17) is 4.74 Å². The van der Waals surface area contributed by atoms with E-state index in [1.165, 1.54) is 0 Å². The first-order chi connectivity index (χ1) is 12.7. The molecule has 0 saturated carbocycles. The number of ether oxygens (including phenoxy) is 1. The fraction of sp³-hybridized carbons (Fsp3) is 0.211. The van der Waals surface area contributed by atoms with Crippen molar-refractivity contribution in [3.8, 4) is 5.75 Å². The molecule has 2 aromatic carbocycles. The molecule has 0 fully saturated rings. The van der Waals surface area contributed by atoms with Gasteiger partial charge in [-0.2, -0.15) is 0 Å². The monoisotopic (exact) mass is 352 g/mol. The standard InChI is InChI=1S/C19H20N4O3/c1-2-26-16-11-7-6-10-14(16)21-18(25)15-12-17(24)23-19(22-15)20-13-8-4-3-5-9-13/h3-11,15H,2,12H2,1H3,(H,21,25)(H2,20,22,23,24)/t15-/m0/s1. The van der Waals surface area contributed by atoms with Gasteiger partial charge in [-0.15, -0.1) is 0 Å². The van der Waals surface area contributed by atoms with E-state index in [0.717, 1.165) is 5.69 Å². The molecular formula is C19H20N4O3. The van der Waals surface area contributed by atoms with Crippen LogP contribution in [0.1, 0.15) is 13.3 Å². The van der Waals surface area contributed by atoms with Crippen molar-refractivity contribution < 1.29 is 14.3 Å². The number of nitrogens with zero attached hydrogens (tertiary/aromatic N) is 1. The summed E-state index contributed by atoms with van der Waals surface area (Å²) in [5.74, 6) is 0.206. The third kappa shape index (κ3) is 4.38. The van der Waals surface area contributed by atoms with Gasteiger partial charge in [0.25, 0.3) is 0 Å². The summed E-state index contributed by atoms with van der Waals surface area (Å²) in [6.07, 6.45) is -0.0113. The molecule has 0 aromatic heterocycles. The van der Waals surface area contributed by atoms with Gasteiger partial charge in [0, 0.05) is 5.69 Å². The predicted molar refractivity (Wildman–Crippen MR) is 100 cm³/mol. The van der Waals surface area contributed by atoms with Gasteiger partial charge in [-0.1, -0.05) is 30.3 Å². The van der Waals surface area contributed by atoms with Crippen LogP contribution >= 0.6 is 0 Å². The Morgan fingerprint density at radius 3 is 2.69 bits per heavy atom. The van der Waals surface area contributed by atoms with Gasteiger partial charge < -0.3 is 15.4 Å². The van der Waals surface area contributed by atoms with Gasteiger partial charge >= 0.3 is 0 Å². The Labute approximate surface area is 151 Å². The fourth-order valence-electron chi connectivity index (χ4n) is 2.53. The third-order valence-electron chi connectivity index (χ3n) is 3.71. The zero-order chi connectivity index (χ0) is 18.4. The molecule has 7 heteroatoms. The van der Waals surface area contributed by atoms with E-state index in [0.29, 0.717) is 18.0 Å². The van der Waals surface area contributed by atoms with Crippen LogP contribution < -0.4 is 20.7 Å². The molecule has 0 aliphatic carbocycles. The van der Waals surface area contributed by atoms with Crippen molar-refractivity contribution in [2.24, 2.45) is 4.99 Å². The van der Waals surface area contributed by atoms with Crippen LogP contribution in [0.2, 0.25) is 0 Å². The third-order valence-corrected chi connectivity index (χ3v) is 3.71. The summed E-state index contributed by atoms with van der Waals surface area (Å²) < 4.78 is 5.50. The van der Waals surface area contributed by atoms with Crippen molar-refractivity contribution >= 4 is 29.1 Å². The van der Waals surface area contributed by atoms with Gasteiger partial charge in [-0.25, -0.2) is 4.99 Å². The molecule has 7 nitrogen and oxygen atoms in total. The zero-order valence-corrected chi connectivity index (χ0v) is 14.4. The number of anilines is 2. The van der Waals surface area contributed by atoms with Crippen LogP contribution in [0.5, 0.6) is 5.75 Å². The normalized spacial score (nSPS) is 16.3. The lowest BCUT2D eigenvalue weighted by Gasteiger charge is -2.21. The summed E-state index contributed by atoms with van der Waals surface area (Å²) in [5, 5.41) is 8.44. The fourth-order valence-corrected chi connectivity index (χ4v) is 2.53. The highest BCUT2D eigenvalue weighted by Crippen LogP contribution is 2.24. The minimum Gasteiger partial charge on any atom is -0.492 e. The molecule has 1 atom stereocenters. The lowest BCUT2D eigenvalue weighted by molar-refractivity contribution is -0.124. The molecule has 0 unspecified atom stereocenters. The lowest BCUT2D eigenvalue weighted by Crippen LogP contribution is -2.45. The SMILES string of the molecule is CCOc1ccccc1NC(=O)[C@@H]1CC(=O)NC(Nc2ccccc2)=N1. The summed E-state index contributed by atoms with van der Waals surface area (Å²) in [6.45, 7) is 2.36. The van der Waals surface area contributed by atoms with Crippen molar-refractivity contribution in [1.82, 2.24) is 5.32 Å². The van der Waals surface area contributed by atoms with Gasteiger partial charge in [0.1, 0.15) is 11.8 Å². The first kappa shape index (κ1) is 17.5. The second kappa shape index (κ2) is 8.15. The Morgan fingerprint density at radius 2 is 1.92 bits per heavy atom. The Hall–Kier alpha value is -3.35. The molecule has 26 heavy (non-hydrogen) atoms. The second-order valence-corrected chi connectivity index (χ2v) is 5.66. The Morgan fingerprint density at radius 1 is 1.19 bits per heavy atom. The van der Waals surface area contributed by atoms with Gasteiger partial charge in [0.15, 0.2) is 0 Å². The molecule has 2 aromatic rings. The quantitative estimate of drug-likeness (QED) is 0.770. The first-order valence-corrected chi connectivity index (χ1v) is 8.38. The van der Waals surface area contributed by atoms with Crippen molar-refractivity contribution in [2.75, 3.05) is 17.2 Å². The average Bonchev–Trinajstić information content (AvgIpc) is 2.64. The largest absolute Gasteiger partial charge is 0.492 e. The van der Waals surface area contributed by atoms with Crippen LogP contribution in [0.3, 0.4) is 0 Å². The van der Waals surface area contributed by atoms with Crippen LogP contribution in [0.15, 0.2) is 59.6 Å². The molecule has 134 valence electrons. The number of hydrogen-bond acceptors (Lipinski definition) is 5. The first-order valence-electron chi connectivity index (χ1n) is 8.38. The highest BCUT2D eigenvalue weighted by molar-refractivity contribution is 6.10. The zero-order valence-electron chi connectivity index (χ0n) is 14.4.